The summed E-state index contributed by atoms with van der Waals surface area (Å²) >= 11 is 0. The van der Waals surface area contributed by atoms with Crippen molar-refractivity contribution in [2.75, 3.05) is 19.6 Å². The highest BCUT2D eigenvalue weighted by Gasteiger charge is 2.41. The van der Waals surface area contributed by atoms with Crippen LogP contribution in [0.1, 0.15) is 62.5 Å². The summed E-state index contributed by atoms with van der Waals surface area (Å²) in [6.45, 7) is 3.08. The zero-order chi connectivity index (χ0) is 19.1. The molecule has 1 aliphatic heterocycles. The number of hydrogen-bond donors (Lipinski definition) is 3. The number of amides is 1. The maximum atomic E-state index is 12.9. The lowest BCUT2D eigenvalue weighted by Crippen LogP contribution is -2.58. The van der Waals surface area contributed by atoms with Crippen LogP contribution in [0.5, 0.6) is 0 Å². The van der Waals surface area contributed by atoms with Gasteiger partial charge in [0.15, 0.2) is 5.60 Å². The molecule has 1 atom stereocenters. The van der Waals surface area contributed by atoms with E-state index in [1.54, 1.807) is 0 Å². The normalized spacial score (nSPS) is 24.4. The standard InChI is InChI=1S/C22H35N3O2/c23-15-19-7-9-20(10-8-19)16-24-17-22(27)12-4-13-25(21(22)26)14-11-18-5-2-1-3-6-18/h7-10,18,24,27H,1-6,11-17,23H2. The molecule has 150 valence electrons. The Hall–Kier alpha value is -1.43. The molecule has 5 heteroatoms. The Morgan fingerprint density at radius 3 is 2.52 bits per heavy atom. The van der Waals surface area contributed by atoms with Gasteiger partial charge in [0.2, 0.25) is 0 Å². The third-order valence-electron chi connectivity index (χ3n) is 6.24. The number of rotatable bonds is 8. The molecule has 1 aromatic rings. The van der Waals surface area contributed by atoms with Crippen LogP contribution in [-0.2, 0) is 17.9 Å². The average Bonchev–Trinajstić information content (AvgIpc) is 2.70. The van der Waals surface area contributed by atoms with E-state index in [1.807, 2.05) is 29.2 Å². The van der Waals surface area contributed by atoms with Crippen LogP contribution in [0.2, 0.25) is 0 Å². The van der Waals surface area contributed by atoms with Gasteiger partial charge in [0.25, 0.3) is 5.91 Å². The molecule has 1 aliphatic carbocycles. The number of hydrogen-bond acceptors (Lipinski definition) is 4. The van der Waals surface area contributed by atoms with E-state index in [9.17, 15) is 9.90 Å². The Balaban J connectivity index is 1.47. The Kier molecular flexibility index (Phi) is 7.27. The van der Waals surface area contributed by atoms with E-state index in [0.29, 0.717) is 26.1 Å². The number of nitrogens with two attached hydrogens (primary N) is 1. The van der Waals surface area contributed by atoms with Gasteiger partial charge in [-0.3, -0.25) is 4.79 Å². The Bertz CT molecular complexity index is 598. The first-order valence-corrected chi connectivity index (χ1v) is 10.6. The van der Waals surface area contributed by atoms with Crippen LogP contribution in [-0.4, -0.2) is 41.1 Å². The maximum absolute atomic E-state index is 12.9. The SMILES string of the molecule is NCc1ccc(CNCC2(O)CCCN(CCC3CCCCC3)C2=O)cc1. The minimum absolute atomic E-state index is 0.0875. The van der Waals surface area contributed by atoms with Crippen LogP contribution < -0.4 is 11.1 Å². The summed E-state index contributed by atoms with van der Waals surface area (Å²) in [5, 5.41) is 14.2. The second-order valence-corrected chi connectivity index (χ2v) is 8.34. The Morgan fingerprint density at radius 1 is 1.11 bits per heavy atom. The third-order valence-corrected chi connectivity index (χ3v) is 6.24. The van der Waals surface area contributed by atoms with Crippen LogP contribution >= 0.6 is 0 Å². The monoisotopic (exact) mass is 373 g/mol. The molecule has 1 heterocycles. The fourth-order valence-corrected chi connectivity index (χ4v) is 4.46. The number of carbonyl (C=O) groups excluding carboxylic acids is 1. The molecule has 27 heavy (non-hydrogen) atoms. The van der Waals surface area contributed by atoms with Crippen molar-refractivity contribution in [3.63, 3.8) is 0 Å². The molecule has 0 aromatic heterocycles. The second-order valence-electron chi connectivity index (χ2n) is 8.34. The van der Waals surface area contributed by atoms with Gasteiger partial charge < -0.3 is 21.1 Å². The quantitative estimate of drug-likeness (QED) is 0.654. The molecule has 1 saturated carbocycles. The number of nitrogens with one attached hydrogen (secondary N) is 1. The lowest BCUT2D eigenvalue weighted by Gasteiger charge is -2.39. The van der Waals surface area contributed by atoms with E-state index in [0.717, 1.165) is 43.0 Å². The van der Waals surface area contributed by atoms with Crippen molar-refractivity contribution in [2.45, 2.75) is 70.1 Å². The zero-order valence-corrected chi connectivity index (χ0v) is 16.5. The number of nitrogens with zero attached hydrogens (tertiary/aromatic N) is 1. The van der Waals surface area contributed by atoms with Crippen molar-refractivity contribution < 1.29 is 9.90 Å². The highest BCUT2D eigenvalue weighted by Crippen LogP contribution is 2.28. The van der Waals surface area contributed by atoms with Crippen molar-refractivity contribution in [3.8, 4) is 0 Å². The predicted molar refractivity (Wildman–Crippen MR) is 108 cm³/mol. The smallest absolute Gasteiger partial charge is 0.255 e. The van der Waals surface area contributed by atoms with Gasteiger partial charge in [0, 0.05) is 32.7 Å². The molecular weight excluding hydrogens is 338 g/mol. The summed E-state index contributed by atoms with van der Waals surface area (Å²) in [7, 11) is 0. The molecular formula is C22H35N3O2. The molecule has 1 unspecified atom stereocenters. The zero-order valence-electron chi connectivity index (χ0n) is 16.5. The molecule has 0 radical (unpaired) electrons. The molecule has 1 amide bonds. The molecule has 2 aliphatic rings. The molecule has 1 aromatic carbocycles. The lowest BCUT2D eigenvalue weighted by atomic mass is 9.86. The van der Waals surface area contributed by atoms with Crippen molar-refractivity contribution >= 4 is 5.91 Å². The highest BCUT2D eigenvalue weighted by atomic mass is 16.3. The van der Waals surface area contributed by atoms with Gasteiger partial charge in [-0.1, -0.05) is 56.4 Å². The third kappa shape index (κ3) is 5.53. The molecule has 3 rings (SSSR count). The number of carbonyl (C=O) groups is 1. The number of likely N-dealkylation sites (tertiary alicyclic amines) is 1. The van der Waals surface area contributed by atoms with Gasteiger partial charge in [-0.05, 0) is 36.3 Å². The minimum atomic E-state index is -1.26. The highest BCUT2D eigenvalue weighted by molar-refractivity contribution is 5.86. The van der Waals surface area contributed by atoms with E-state index in [4.69, 9.17) is 5.73 Å². The number of benzene rings is 1. The minimum Gasteiger partial charge on any atom is -0.379 e. The first kappa shape index (κ1) is 20.3. The topological polar surface area (TPSA) is 78.6 Å². The van der Waals surface area contributed by atoms with E-state index >= 15 is 0 Å². The van der Waals surface area contributed by atoms with E-state index in [1.165, 1.54) is 32.1 Å². The summed E-state index contributed by atoms with van der Waals surface area (Å²) in [5.41, 5.74) is 6.60. The molecule has 4 N–H and O–H groups in total. The Labute approximate surface area is 163 Å². The van der Waals surface area contributed by atoms with Gasteiger partial charge in [-0.15, -0.1) is 0 Å². The number of piperidine rings is 1. The Morgan fingerprint density at radius 2 is 1.81 bits per heavy atom. The van der Waals surface area contributed by atoms with Crippen LogP contribution in [0.15, 0.2) is 24.3 Å². The fraction of sp³-hybridized carbons (Fsp3) is 0.682. The van der Waals surface area contributed by atoms with Crippen molar-refractivity contribution in [1.29, 1.82) is 0 Å². The van der Waals surface area contributed by atoms with Crippen molar-refractivity contribution in [3.05, 3.63) is 35.4 Å². The summed E-state index contributed by atoms with van der Waals surface area (Å²) in [4.78, 5) is 14.8. The molecule has 1 saturated heterocycles. The summed E-state index contributed by atoms with van der Waals surface area (Å²) in [6.07, 6.45) is 9.14. The first-order chi connectivity index (χ1) is 13.1. The second kappa shape index (κ2) is 9.67. The molecule has 0 bridgehead atoms. The van der Waals surface area contributed by atoms with Gasteiger partial charge in [0.1, 0.15) is 0 Å². The van der Waals surface area contributed by atoms with E-state index in [-0.39, 0.29) is 5.91 Å². The van der Waals surface area contributed by atoms with Gasteiger partial charge in [0.05, 0.1) is 0 Å². The molecule has 2 fully saturated rings. The summed E-state index contributed by atoms with van der Waals surface area (Å²) in [6, 6.07) is 8.12. The van der Waals surface area contributed by atoms with Crippen LogP contribution in [0.25, 0.3) is 0 Å². The van der Waals surface area contributed by atoms with Crippen LogP contribution in [0, 0.1) is 5.92 Å². The lowest BCUT2D eigenvalue weighted by molar-refractivity contribution is -0.156. The van der Waals surface area contributed by atoms with Crippen molar-refractivity contribution in [2.24, 2.45) is 11.7 Å². The summed E-state index contributed by atoms with van der Waals surface area (Å²) < 4.78 is 0. The van der Waals surface area contributed by atoms with Gasteiger partial charge in [-0.25, -0.2) is 0 Å². The molecule has 0 spiro atoms. The largest absolute Gasteiger partial charge is 0.379 e. The first-order valence-electron chi connectivity index (χ1n) is 10.6. The van der Waals surface area contributed by atoms with Crippen molar-refractivity contribution in [1.82, 2.24) is 10.2 Å². The molecule has 5 nitrogen and oxygen atoms in total. The van der Waals surface area contributed by atoms with E-state index < -0.39 is 5.60 Å². The van der Waals surface area contributed by atoms with Gasteiger partial charge in [-0.2, -0.15) is 0 Å². The summed E-state index contributed by atoms with van der Waals surface area (Å²) in [5.74, 6) is 0.673. The van der Waals surface area contributed by atoms with Gasteiger partial charge >= 0.3 is 0 Å². The average molecular weight is 374 g/mol. The number of aliphatic hydroxyl groups is 1. The maximum Gasteiger partial charge on any atom is 0.255 e. The van der Waals surface area contributed by atoms with E-state index in [2.05, 4.69) is 5.32 Å². The van der Waals surface area contributed by atoms with Crippen LogP contribution in [0.4, 0.5) is 0 Å². The fourth-order valence-electron chi connectivity index (χ4n) is 4.46. The predicted octanol–water partition coefficient (Wildman–Crippen LogP) is 2.56. The van der Waals surface area contributed by atoms with Crippen LogP contribution in [0.3, 0.4) is 0 Å².